The van der Waals surface area contributed by atoms with Gasteiger partial charge in [-0.05, 0) is 51.5 Å². The van der Waals surface area contributed by atoms with Crippen molar-refractivity contribution in [2.45, 2.75) is 44.8 Å². The summed E-state index contributed by atoms with van der Waals surface area (Å²) in [5.41, 5.74) is 5.94. The van der Waals surface area contributed by atoms with Crippen molar-refractivity contribution in [3.8, 4) is 5.75 Å². The maximum Gasteiger partial charge on any atom is 0.248 e. The van der Waals surface area contributed by atoms with Gasteiger partial charge >= 0.3 is 0 Å². The minimum absolute atomic E-state index is 0.146. The highest BCUT2D eigenvalue weighted by Gasteiger charge is 2.43. The Kier molecular flexibility index (Phi) is 5.89. The molecule has 7 nitrogen and oxygen atoms in total. The van der Waals surface area contributed by atoms with Gasteiger partial charge in [0.2, 0.25) is 11.8 Å². The summed E-state index contributed by atoms with van der Waals surface area (Å²) in [6, 6.07) is 6.65. The van der Waals surface area contributed by atoms with E-state index >= 15 is 0 Å². The Balaban J connectivity index is 2.13. The second-order valence-corrected chi connectivity index (χ2v) is 6.84. The van der Waals surface area contributed by atoms with Crippen molar-refractivity contribution in [2.24, 2.45) is 5.73 Å². The lowest BCUT2D eigenvalue weighted by Crippen LogP contribution is -2.55. The molecule has 0 radical (unpaired) electrons. The van der Waals surface area contributed by atoms with E-state index in [2.05, 4.69) is 10.6 Å². The number of amides is 2. The summed E-state index contributed by atoms with van der Waals surface area (Å²) < 4.78 is 5.14. The van der Waals surface area contributed by atoms with Crippen LogP contribution < -0.4 is 21.1 Å². The van der Waals surface area contributed by atoms with Crippen LogP contribution in [0.1, 0.15) is 27.2 Å². The number of hydrogen-bond donors (Lipinski definition) is 3. The molecule has 1 fully saturated rings. The Morgan fingerprint density at radius 3 is 2.52 bits per heavy atom. The number of carbonyl (C=O) groups excluding carboxylic acids is 2. The Bertz CT molecular complexity index is 615. The highest BCUT2D eigenvalue weighted by atomic mass is 16.5. The van der Waals surface area contributed by atoms with Crippen LogP contribution >= 0.6 is 0 Å². The lowest BCUT2D eigenvalue weighted by Gasteiger charge is -2.33. The van der Waals surface area contributed by atoms with Gasteiger partial charge in [-0.2, -0.15) is 0 Å². The molecule has 0 bridgehead atoms. The third-order valence-electron chi connectivity index (χ3n) is 4.33. The van der Waals surface area contributed by atoms with Crippen LogP contribution in [0.4, 0.5) is 5.69 Å². The Hall–Kier alpha value is -2.28. The third kappa shape index (κ3) is 4.42. The van der Waals surface area contributed by atoms with Crippen molar-refractivity contribution in [1.82, 2.24) is 10.2 Å². The number of likely N-dealkylation sites (N-methyl/N-ethyl adjacent to an activating group) is 1. The second-order valence-electron chi connectivity index (χ2n) is 6.84. The van der Waals surface area contributed by atoms with E-state index in [1.54, 1.807) is 25.9 Å². The van der Waals surface area contributed by atoms with Gasteiger partial charge in [0.25, 0.3) is 0 Å². The summed E-state index contributed by atoms with van der Waals surface area (Å²) in [4.78, 5) is 26.9. The molecule has 0 aromatic heterocycles. The summed E-state index contributed by atoms with van der Waals surface area (Å²) in [5.74, 6) is 0.452. The molecule has 1 saturated heterocycles. The van der Waals surface area contributed by atoms with Crippen LogP contribution in [0, 0.1) is 0 Å². The van der Waals surface area contributed by atoms with Gasteiger partial charge in [0.05, 0.1) is 7.11 Å². The topological polar surface area (TPSA) is 96.7 Å². The van der Waals surface area contributed by atoms with Crippen molar-refractivity contribution < 1.29 is 14.3 Å². The number of rotatable bonds is 6. The lowest BCUT2D eigenvalue weighted by atomic mass is 10.0. The Morgan fingerprint density at radius 2 is 1.96 bits per heavy atom. The molecule has 0 unspecified atom stereocenters. The number of benzene rings is 1. The second kappa shape index (κ2) is 7.74. The van der Waals surface area contributed by atoms with Gasteiger partial charge in [0, 0.05) is 24.8 Å². The first-order chi connectivity index (χ1) is 11.8. The van der Waals surface area contributed by atoms with Gasteiger partial charge in [-0.3, -0.25) is 9.59 Å². The number of nitrogens with zero attached hydrogens (tertiary/aromatic N) is 1. The van der Waals surface area contributed by atoms with E-state index in [4.69, 9.17) is 10.5 Å². The molecule has 4 N–H and O–H groups in total. The molecule has 2 amide bonds. The fraction of sp³-hybridized carbons (Fsp3) is 0.556. The average Bonchev–Trinajstić information content (AvgIpc) is 2.96. The minimum atomic E-state index is -0.872. The number of carbonyl (C=O) groups is 2. The molecule has 2 atom stereocenters. The van der Waals surface area contributed by atoms with E-state index in [-0.39, 0.29) is 17.9 Å². The summed E-state index contributed by atoms with van der Waals surface area (Å²) in [6.45, 7) is 6.37. The molecule has 1 aromatic carbocycles. The third-order valence-corrected chi connectivity index (χ3v) is 4.33. The maximum atomic E-state index is 13.1. The highest BCUT2D eigenvalue weighted by molar-refractivity contribution is 5.94. The number of nitrogens with two attached hydrogens (primary N) is 1. The first-order valence-corrected chi connectivity index (χ1v) is 8.55. The molecule has 0 spiro atoms. The molecule has 138 valence electrons. The summed E-state index contributed by atoms with van der Waals surface area (Å²) in [6.07, 6.45) is 0.482. The standard InChI is InChI=1S/C18H28N4O3/c1-5-20-16(23)15-10-12(19)11-22(15)17(24)18(2,3)21-13-6-8-14(25-4)9-7-13/h6-9,12,15,21H,5,10-11,19H2,1-4H3,(H,20,23)/t12-,15+/m1/s1. The SMILES string of the molecule is CCNC(=O)[C@@H]1C[C@@H](N)CN1C(=O)C(C)(C)Nc1ccc(OC)cc1. The van der Waals surface area contributed by atoms with E-state index in [9.17, 15) is 9.59 Å². The van der Waals surface area contributed by atoms with Gasteiger partial charge in [-0.1, -0.05) is 0 Å². The monoisotopic (exact) mass is 348 g/mol. The van der Waals surface area contributed by atoms with Crippen LogP contribution in [0.25, 0.3) is 0 Å². The van der Waals surface area contributed by atoms with E-state index in [1.807, 2.05) is 31.2 Å². The van der Waals surface area contributed by atoms with Gasteiger partial charge in [0.1, 0.15) is 17.3 Å². The zero-order valence-electron chi connectivity index (χ0n) is 15.3. The summed E-state index contributed by atoms with van der Waals surface area (Å²) in [7, 11) is 1.61. The van der Waals surface area contributed by atoms with Crippen molar-refractivity contribution in [3.63, 3.8) is 0 Å². The molecular weight excluding hydrogens is 320 g/mol. The van der Waals surface area contributed by atoms with Crippen LogP contribution in [-0.2, 0) is 9.59 Å². The van der Waals surface area contributed by atoms with Crippen molar-refractivity contribution in [1.29, 1.82) is 0 Å². The van der Waals surface area contributed by atoms with Gasteiger partial charge in [-0.25, -0.2) is 0 Å². The molecule has 1 heterocycles. The van der Waals surface area contributed by atoms with Crippen molar-refractivity contribution >= 4 is 17.5 Å². The molecule has 7 heteroatoms. The number of nitrogens with one attached hydrogen (secondary N) is 2. The van der Waals surface area contributed by atoms with Crippen LogP contribution in [0.2, 0.25) is 0 Å². The van der Waals surface area contributed by atoms with Crippen LogP contribution in [-0.4, -0.2) is 54.5 Å². The van der Waals surface area contributed by atoms with Crippen LogP contribution in [0.5, 0.6) is 5.75 Å². The molecule has 0 aliphatic carbocycles. The first kappa shape index (κ1) is 19.1. The van der Waals surface area contributed by atoms with Crippen molar-refractivity contribution in [2.75, 3.05) is 25.5 Å². The average molecular weight is 348 g/mol. The van der Waals surface area contributed by atoms with Crippen LogP contribution in [0.3, 0.4) is 0 Å². The fourth-order valence-corrected chi connectivity index (χ4v) is 3.08. The lowest BCUT2D eigenvalue weighted by molar-refractivity contribution is -0.141. The number of anilines is 1. The van der Waals surface area contributed by atoms with E-state index in [0.717, 1.165) is 11.4 Å². The molecule has 1 aliphatic rings. The predicted octanol–water partition coefficient (Wildman–Crippen LogP) is 0.950. The molecule has 1 aromatic rings. The molecule has 25 heavy (non-hydrogen) atoms. The number of methoxy groups -OCH3 is 1. The molecule has 1 aliphatic heterocycles. The van der Waals surface area contributed by atoms with Gasteiger partial charge in [-0.15, -0.1) is 0 Å². The van der Waals surface area contributed by atoms with E-state index in [1.165, 1.54) is 0 Å². The van der Waals surface area contributed by atoms with Gasteiger partial charge in [0.15, 0.2) is 0 Å². The van der Waals surface area contributed by atoms with Crippen LogP contribution in [0.15, 0.2) is 24.3 Å². The molecule has 0 saturated carbocycles. The zero-order valence-corrected chi connectivity index (χ0v) is 15.3. The normalized spacial score (nSPS) is 20.3. The van der Waals surface area contributed by atoms with E-state index in [0.29, 0.717) is 19.5 Å². The zero-order chi connectivity index (χ0) is 18.6. The van der Waals surface area contributed by atoms with E-state index < -0.39 is 11.6 Å². The number of likely N-dealkylation sites (tertiary alicyclic amines) is 1. The quantitative estimate of drug-likeness (QED) is 0.711. The Labute approximate surface area is 148 Å². The predicted molar refractivity (Wildman–Crippen MR) is 97.5 cm³/mol. The molecular formula is C18H28N4O3. The summed E-state index contributed by atoms with van der Waals surface area (Å²) in [5, 5.41) is 6.02. The Morgan fingerprint density at radius 1 is 1.32 bits per heavy atom. The number of ether oxygens (including phenoxy) is 1. The fourth-order valence-electron chi connectivity index (χ4n) is 3.08. The molecule has 2 rings (SSSR count). The van der Waals surface area contributed by atoms with Gasteiger partial charge < -0.3 is 26.0 Å². The minimum Gasteiger partial charge on any atom is -0.497 e. The largest absolute Gasteiger partial charge is 0.497 e. The first-order valence-electron chi connectivity index (χ1n) is 8.55. The maximum absolute atomic E-state index is 13.1. The number of hydrogen-bond acceptors (Lipinski definition) is 5. The highest BCUT2D eigenvalue weighted by Crippen LogP contribution is 2.25. The smallest absolute Gasteiger partial charge is 0.248 e. The van der Waals surface area contributed by atoms with Crippen molar-refractivity contribution in [3.05, 3.63) is 24.3 Å². The summed E-state index contributed by atoms with van der Waals surface area (Å²) >= 11 is 0.